The summed E-state index contributed by atoms with van der Waals surface area (Å²) in [5, 5.41) is 8.52. The lowest BCUT2D eigenvalue weighted by Crippen LogP contribution is -2.40. The molecule has 0 aromatic carbocycles. The maximum absolute atomic E-state index is 11.1. The van der Waals surface area contributed by atoms with Gasteiger partial charge in [-0.3, -0.25) is 4.79 Å². The van der Waals surface area contributed by atoms with Crippen molar-refractivity contribution in [1.82, 2.24) is 15.5 Å². The van der Waals surface area contributed by atoms with Crippen molar-refractivity contribution in [3.63, 3.8) is 0 Å². The number of nitrogens with zero attached hydrogens (tertiary/aromatic N) is 2. The van der Waals surface area contributed by atoms with Crippen LogP contribution in [0.15, 0.2) is 32.7 Å². The molecule has 21 heavy (non-hydrogen) atoms. The van der Waals surface area contributed by atoms with Crippen LogP contribution in [0.5, 0.6) is 0 Å². The molecule has 0 aliphatic rings. The molecular formula is C14H17N3O3S. The van der Waals surface area contributed by atoms with Crippen molar-refractivity contribution >= 4 is 23.7 Å². The lowest BCUT2D eigenvalue weighted by Gasteiger charge is -2.20. The number of thioether (sulfide) groups is 1. The van der Waals surface area contributed by atoms with Crippen molar-refractivity contribution in [2.24, 2.45) is 0 Å². The van der Waals surface area contributed by atoms with Gasteiger partial charge in [0, 0.05) is 13.0 Å². The molecule has 0 bridgehead atoms. The second kappa shape index (κ2) is 6.62. The molecule has 2 rings (SSSR count). The molecule has 2 aromatic heterocycles. The van der Waals surface area contributed by atoms with Gasteiger partial charge in [0.05, 0.1) is 17.6 Å². The normalized spacial score (nSPS) is 12.0. The van der Waals surface area contributed by atoms with E-state index in [2.05, 4.69) is 15.5 Å². The van der Waals surface area contributed by atoms with Crippen LogP contribution >= 0.6 is 11.8 Å². The average molecular weight is 307 g/mol. The molecular weight excluding hydrogens is 290 g/mol. The van der Waals surface area contributed by atoms with E-state index in [-0.39, 0.29) is 5.91 Å². The number of aromatic nitrogens is 2. The SMILES string of the molecule is CC(=O)NC(C)(C)c1noc(/C=C/SCc2ccco2)n1. The molecule has 7 heteroatoms. The highest BCUT2D eigenvalue weighted by Gasteiger charge is 2.27. The molecule has 0 spiro atoms. The third-order valence-electron chi connectivity index (χ3n) is 2.60. The van der Waals surface area contributed by atoms with Crippen LogP contribution in [-0.4, -0.2) is 16.0 Å². The predicted octanol–water partition coefficient (Wildman–Crippen LogP) is 2.94. The highest BCUT2D eigenvalue weighted by molar-refractivity contribution is 8.01. The molecule has 1 amide bonds. The van der Waals surface area contributed by atoms with Gasteiger partial charge in [-0.05, 0) is 31.4 Å². The molecule has 6 nitrogen and oxygen atoms in total. The van der Waals surface area contributed by atoms with Gasteiger partial charge in [-0.15, -0.1) is 11.8 Å². The van der Waals surface area contributed by atoms with E-state index in [1.807, 2.05) is 31.4 Å². The second-order valence-corrected chi connectivity index (χ2v) is 5.85. The Hall–Kier alpha value is -2.02. The number of carbonyl (C=O) groups is 1. The van der Waals surface area contributed by atoms with E-state index in [0.29, 0.717) is 11.7 Å². The maximum Gasteiger partial charge on any atom is 0.251 e. The maximum atomic E-state index is 11.1. The number of furan rings is 1. The van der Waals surface area contributed by atoms with E-state index < -0.39 is 5.54 Å². The van der Waals surface area contributed by atoms with Crippen molar-refractivity contribution < 1.29 is 13.7 Å². The summed E-state index contributed by atoms with van der Waals surface area (Å²) in [7, 11) is 0. The Morgan fingerprint density at radius 1 is 1.52 bits per heavy atom. The Labute approximate surface area is 127 Å². The Morgan fingerprint density at radius 2 is 2.33 bits per heavy atom. The summed E-state index contributed by atoms with van der Waals surface area (Å²) in [5.74, 6) is 2.34. The van der Waals surface area contributed by atoms with Crippen molar-refractivity contribution in [1.29, 1.82) is 0 Å². The van der Waals surface area contributed by atoms with E-state index in [0.717, 1.165) is 11.5 Å². The Balaban J connectivity index is 1.92. The molecule has 1 N–H and O–H groups in total. The standard InChI is InChI=1S/C14H17N3O3S/c1-10(18)16-14(2,3)13-15-12(20-17-13)6-8-21-9-11-5-4-7-19-11/h4-8H,9H2,1-3H3,(H,16,18)/b8-6+. The fraction of sp³-hybridized carbons (Fsp3) is 0.357. The Kier molecular flexibility index (Phi) is 4.85. The third kappa shape index (κ3) is 4.49. The molecule has 0 saturated carbocycles. The van der Waals surface area contributed by atoms with Gasteiger partial charge in [-0.1, -0.05) is 5.16 Å². The van der Waals surface area contributed by atoms with E-state index >= 15 is 0 Å². The number of carbonyl (C=O) groups excluding carboxylic acids is 1. The van der Waals surface area contributed by atoms with E-state index in [1.165, 1.54) is 6.92 Å². The van der Waals surface area contributed by atoms with Crippen LogP contribution < -0.4 is 5.32 Å². The summed E-state index contributed by atoms with van der Waals surface area (Å²) in [6.07, 6.45) is 3.38. The van der Waals surface area contributed by atoms with Crippen molar-refractivity contribution in [2.75, 3.05) is 0 Å². The Bertz CT molecular complexity index is 617. The first-order valence-corrected chi connectivity index (χ1v) is 7.46. The smallest absolute Gasteiger partial charge is 0.251 e. The van der Waals surface area contributed by atoms with E-state index in [1.54, 1.807) is 24.1 Å². The van der Waals surface area contributed by atoms with Crippen molar-refractivity contribution in [3.05, 3.63) is 41.3 Å². The predicted molar refractivity (Wildman–Crippen MR) is 80.2 cm³/mol. The van der Waals surface area contributed by atoms with Gasteiger partial charge >= 0.3 is 0 Å². The molecule has 0 aliphatic heterocycles. The summed E-state index contributed by atoms with van der Waals surface area (Å²) in [5.41, 5.74) is -0.664. The number of hydrogen-bond acceptors (Lipinski definition) is 6. The molecule has 0 fully saturated rings. The topological polar surface area (TPSA) is 81.2 Å². The van der Waals surface area contributed by atoms with E-state index in [4.69, 9.17) is 8.94 Å². The summed E-state index contributed by atoms with van der Waals surface area (Å²) in [4.78, 5) is 15.4. The van der Waals surface area contributed by atoms with Crippen molar-refractivity contribution in [2.45, 2.75) is 32.1 Å². The van der Waals surface area contributed by atoms with Gasteiger partial charge in [0.2, 0.25) is 5.91 Å². The second-order valence-electron chi connectivity index (χ2n) is 4.96. The van der Waals surface area contributed by atoms with Gasteiger partial charge in [0.25, 0.3) is 5.89 Å². The Morgan fingerprint density at radius 3 is 3.00 bits per heavy atom. The molecule has 0 atom stereocenters. The van der Waals surface area contributed by atoms with Crippen LogP contribution in [0.1, 0.15) is 38.2 Å². The van der Waals surface area contributed by atoms with Gasteiger partial charge in [-0.2, -0.15) is 4.98 Å². The zero-order chi connectivity index (χ0) is 15.3. The quantitative estimate of drug-likeness (QED) is 0.883. The first-order chi connectivity index (χ1) is 9.97. The minimum atomic E-state index is -0.664. The van der Waals surface area contributed by atoms with Gasteiger partial charge in [0.1, 0.15) is 5.76 Å². The fourth-order valence-electron chi connectivity index (χ4n) is 1.68. The molecule has 0 saturated heterocycles. The van der Waals surface area contributed by atoms with Crippen LogP contribution in [-0.2, 0) is 16.1 Å². The zero-order valence-corrected chi connectivity index (χ0v) is 12.9. The minimum Gasteiger partial charge on any atom is -0.468 e. The number of amides is 1. The number of rotatable bonds is 6. The average Bonchev–Trinajstić information content (AvgIpc) is 3.05. The monoisotopic (exact) mass is 307 g/mol. The minimum absolute atomic E-state index is 0.143. The highest BCUT2D eigenvalue weighted by atomic mass is 32.2. The van der Waals surface area contributed by atoms with Crippen LogP contribution in [0.25, 0.3) is 6.08 Å². The van der Waals surface area contributed by atoms with Gasteiger partial charge in [0.15, 0.2) is 5.82 Å². The molecule has 0 unspecified atom stereocenters. The van der Waals surface area contributed by atoms with Gasteiger partial charge in [-0.25, -0.2) is 0 Å². The van der Waals surface area contributed by atoms with E-state index in [9.17, 15) is 4.79 Å². The number of nitrogens with one attached hydrogen (secondary N) is 1. The number of hydrogen-bond donors (Lipinski definition) is 1. The third-order valence-corrected chi connectivity index (χ3v) is 3.38. The first kappa shape index (κ1) is 15.4. The van der Waals surface area contributed by atoms with Crippen LogP contribution in [0.2, 0.25) is 0 Å². The summed E-state index contributed by atoms with van der Waals surface area (Å²) < 4.78 is 10.4. The molecule has 2 heterocycles. The molecule has 112 valence electrons. The summed E-state index contributed by atoms with van der Waals surface area (Å²) in [6, 6.07) is 3.77. The summed E-state index contributed by atoms with van der Waals surface area (Å²) >= 11 is 1.56. The highest BCUT2D eigenvalue weighted by Crippen LogP contribution is 2.18. The summed E-state index contributed by atoms with van der Waals surface area (Å²) in [6.45, 7) is 5.09. The molecule has 0 aliphatic carbocycles. The van der Waals surface area contributed by atoms with Gasteiger partial charge < -0.3 is 14.3 Å². The lowest BCUT2D eigenvalue weighted by atomic mass is 10.1. The van der Waals surface area contributed by atoms with Crippen LogP contribution in [0.4, 0.5) is 0 Å². The van der Waals surface area contributed by atoms with Crippen LogP contribution in [0.3, 0.4) is 0 Å². The zero-order valence-electron chi connectivity index (χ0n) is 12.1. The molecule has 2 aromatic rings. The fourth-order valence-corrected chi connectivity index (χ4v) is 2.32. The van der Waals surface area contributed by atoms with Crippen LogP contribution in [0, 0.1) is 0 Å². The largest absolute Gasteiger partial charge is 0.468 e. The molecule has 0 radical (unpaired) electrons. The first-order valence-electron chi connectivity index (χ1n) is 6.41. The van der Waals surface area contributed by atoms with Crippen molar-refractivity contribution in [3.8, 4) is 0 Å². The lowest BCUT2D eigenvalue weighted by molar-refractivity contribution is -0.120.